The van der Waals surface area contributed by atoms with Gasteiger partial charge in [0, 0.05) is 0 Å². The van der Waals surface area contributed by atoms with Gasteiger partial charge in [0.2, 0.25) is 11.4 Å². The van der Waals surface area contributed by atoms with Gasteiger partial charge >= 0.3 is 11.7 Å². The standard InChI is InChI=1S/C12H16N4O6/c1-21-12(18)8-9(16(19)20)10(11(13)17)15(14-8)5-6-22-7-3-2-4-7/h7H,2-6H2,1H3,(H2,13,17). The molecule has 10 heteroatoms. The number of primary amides is 1. The van der Waals surface area contributed by atoms with Crippen LogP contribution in [0.2, 0.25) is 0 Å². The summed E-state index contributed by atoms with van der Waals surface area (Å²) in [6.07, 6.45) is 3.21. The number of ether oxygens (including phenoxy) is 2. The van der Waals surface area contributed by atoms with E-state index in [2.05, 4.69) is 9.84 Å². The number of nitrogens with two attached hydrogens (primary N) is 1. The topological polar surface area (TPSA) is 140 Å². The summed E-state index contributed by atoms with van der Waals surface area (Å²) in [6.45, 7) is 0.289. The molecular formula is C12H16N4O6. The van der Waals surface area contributed by atoms with Crippen LogP contribution in [0.25, 0.3) is 0 Å². The predicted molar refractivity (Wildman–Crippen MR) is 72.3 cm³/mol. The SMILES string of the molecule is COC(=O)c1nn(CCOC2CCC2)c(C(N)=O)c1[N+](=O)[O-]. The first-order valence-electron chi connectivity index (χ1n) is 6.70. The number of hydrogen-bond donors (Lipinski definition) is 1. The number of carbonyl (C=O) groups excluding carboxylic acids is 2. The summed E-state index contributed by atoms with van der Waals surface area (Å²) >= 11 is 0. The maximum atomic E-state index is 11.6. The molecule has 1 heterocycles. The molecule has 1 amide bonds. The number of esters is 1. The Labute approximate surface area is 125 Å². The second-order valence-corrected chi connectivity index (χ2v) is 4.81. The van der Waals surface area contributed by atoms with Gasteiger partial charge in [0.15, 0.2) is 0 Å². The summed E-state index contributed by atoms with van der Waals surface area (Å²) < 4.78 is 11.0. The van der Waals surface area contributed by atoms with Gasteiger partial charge in [-0.1, -0.05) is 0 Å². The Balaban J connectivity index is 2.28. The normalized spacial score (nSPS) is 14.4. The van der Waals surface area contributed by atoms with Crippen LogP contribution in [0.15, 0.2) is 0 Å². The molecule has 22 heavy (non-hydrogen) atoms. The zero-order valence-corrected chi connectivity index (χ0v) is 12.0. The van der Waals surface area contributed by atoms with Gasteiger partial charge in [-0.15, -0.1) is 0 Å². The Bertz CT molecular complexity index is 607. The molecule has 1 fully saturated rings. The molecule has 120 valence electrons. The smallest absolute Gasteiger partial charge is 0.365 e. The van der Waals surface area contributed by atoms with Gasteiger partial charge in [0.1, 0.15) is 0 Å². The average Bonchev–Trinajstić information content (AvgIpc) is 2.80. The van der Waals surface area contributed by atoms with Crippen molar-refractivity contribution in [3.8, 4) is 0 Å². The Morgan fingerprint density at radius 2 is 2.18 bits per heavy atom. The third-order valence-corrected chi connectivity index (χ3v) is 3.43. The molecule has 1 aliphatic carbocycles. The summed E-state index contributed by atoms with van der Waals surface area (Å²) in [5, 5.41) is 14.9. The molecule has 1 saturated carbocycles. The van der Waals surface area contributed by atoms with Gasteiger partial charge in [-0.05, 0) is 19.3 Å². The fraction of sp³-hybridized carbons (Fsp3) is 0.583. The molecule has 1 aromatic heterocycles. The van der Waals surface area contributed by atoms with Crippen molar-refractivity contribution in [1.82, 2.24) is 9.78 Å². The first-order chi connectivity index (χ1) is 10.5. The number of nitrogens with zero attached hydrogens (tertiary/aromatic N) is 3. The van der Waals surface area contributed by atoms with Gasteiger partial charge in [0.25, 0.3) is 5.91 Å². The first kappa shape index (κ1) is 15.9. The van der Waals surface area contributed by atoms with Crippen molar-refractivity contribution in [3.63, 3.8) is 0 Å². The van der Waals surface area contributed by atoms with Crippen LogP contribution in [0.3, 0.4) is 0 Å². The van der Waals surface area contributed by atoms with Gasteiger partial charge < -0.3 is 15.2 Å². The fourth-order valence-electron chi connectivity index (χ4n) is 2.11. The van der Waals surface area contributed by atoms with E-state index in [0.29, 0.717) is 0 Å². The maximum Gasteiger partial charge on any atom is 0.365 e. The molecule has 2 N–H and O–H groups in total. The molecule has 10 nitrogen and oxygen atoms in total. The van der Waals surface area contributed by atoms with Crippen molar-refractivity contribution in [3.05, 3.63) is 21.5 Å². The maximum absolute atomic E-state index is 11.6. The van der Waals surface area contributed by atoms with E-state index in [1.165, 1.54) is 0 Å². The number of methoxy groups -OCH3 is 1. The quantitative estimate of drug-likeness (QED) is 0.432. The Morgan fingerprint density at radius 3 is 2.64 bits per heavy atom. The summed E-state index contributed by atoms with van der Waals surface area (Å²) in [5.41, 5.74) is 3.44. The summed E-state index contributed by atoms with van der Waals surface area (Å²) in [7, 11) is 1.06. The van der Waals surface area contributed by atoms with E-state index in [9.17, 15) is 19.7 Å². The summed E-state index contributed by atoms with van der Waals surface area (Å²) in [5.74, 6) is -2.05. The highest BCUT2D eigenvalue weighted by atomic mass is 16.6. The van der Waals surface area contributed by atoms with Crippen LogP contribution in [-0.2, 0) is 16.0 Å². The number of hydrogen-bond acceptors (Lipinski definition) is 7. The Kier molecular flexibility index (Phi) is 4.71. The molecule has 0 aromatic carbocycles. The zero-order chi connectivity index (χ0) is 16.3. The molecule has 0 atom stereocenters. The Morgan fingerprint density at radius 1 is 1.50 bits per heavy atom. The van der Waals surface area contributed by atoms with Crippen molar-refractivity contribution in [2.45, 2.75) is 31.9 Å². The van der Waals surface area contributed by atoms with E-state index in [1.54, 1.807) is 0 Å². The molecule has 0 spiro atoms. The minimum absolute atomic E-state index is 0.0760. The first-order valence-corrected chi connectivity index (χ1v) is 6.70. The number of rotatable bonds is 7. The van der Waals surface area contributed by atoms with Crippen molar-refractivity contribution in [1.29, 1.82) is 0 Å². The zero-order valence-electron chi connectivity index (χ0n) is 12.0. The molecule has 0 unspecified atom stereocenters. The van der Waals surface area contributed by atoms with Crippen LogP contribution < -0.4 is 5.73 Å². The summed E-state index contributed by atoms with van der Waals surface area (Å²) in [6, 6.07) is 0. The molecule has 1 aromatic rings. The van der Waals surface area contributed by atoms with E-state index >= 15 is 0 Å². The number of amides is 1. The Hall–Kier alpha value is -2.49. The number of carbonyl (C=O) groups is 2. The van der Waals surface area contributed by atoms with Crippen molar-refractivity contribution in [2.24, 2.45) is 5.73 Å². The fourth-order valence-corrected chi connectivity index (χ4v) is 2.11. The molecule has 2 rings (SSSR count). The van der Waals surface area contributed by atoms with Crippen molar-refractivity contribution >= 4 is 17.6 Å². The van der Waals surface area contributed by atoms with Gasteiger partial charge in [-0.3, -0.25) is 19.6 Å². The van der Waals surface area contributed by atoms with Crippen molar-refractivity contribution < 1.29 is 24.0 Å². The minimum Gasteiger partial charge on any atom is -0.464 e. The monoisotopic (exact) mass is 312 g/mol. The predicted octanol–water partition coefficient (Wildman–Crippen LogP) is 0.246. The van der Waals surface area contributed by atoms with Gasteiger partial charge in [0.05, 0.1) is 31.3 Å². The van der Waals surface area contributed by atoms with Crippen LogP contribution in [-0.4, -0.2) is 46.4 Å². The highest BCUT2D eigenvalue weighted by Crippen LogP contribution is 2.25. The number of aromatic nitrogens is 2. The van der Waals surface area contributed by atoms with Crippen LogP contribution in [0.5, 0.6) is 0 Å². The van der Waals surface area contributed by atoms with E-state index in [-0.39, 0.29) is 19.3 Å². The molecule has 0 aliphatic heterocycles. The van der Waals surface area contributed by atoms with E-state index in [0.717, 1.165) is 31.1 Å². The largest absolute Gasteiger partial charge is 0.464 e. The van der Waals surface area contributed by atoms with Gasteiger partial charge in [-0.25, -0.2) is 4.79 Å². The van der Waals surface area contributed by atoms with Crippen LogP contribution >= 0.6 is 0 Å². The molecule has 0 saturated heterocycles. The summed E-state index contributed by atoms with van der Waals surface area (Å²) in [4.78, 5) is 33.3. The second kappa shape index (κ2) is 6.52. The van der Waals surface area contributed by atoms with E-state index in [1.807, 2.05) is 0 Å². The highest BCUT2D eigenvalue weighted by molar-refractivity contribution is 6.01. The third kappa shape index (κ3) is 3.06. The second-order valence-electron chi connectivity index (χ2n) is 4.81. The lowest BCUT2D eigenvalue weighted by Crippen LogP contribution is -2.25. The van der Waals surface area contributed by atoms with Gasteiger partial charge in [-0.2, -0.15) is 5.10 Å². The van der Waals surface area contributed by atoms with Crippen LogP contribution in [0, 0.1) is 10.1 Å². The third-order valence-electron chi connectivity index (χ3n) is 3.43. The molecular weight excluding hydrogens is 296 g/mol. The molecule has 0 bridgehead atoms. The lowest BCUT2D eigenvalue weighted by Gasteiger charge is -2.25. The lowest BCUT2D eigenvalue weighted by molar-refractivity contribution is -0.385. The molecule has 1 aliphatic rings. The number of nitro groups is 1. The molecule has 0 radical (unpaired) electrons. The van der Waals surface area contributed by atoms with Crippen LogP contribution in [0.1, 0.15) is 40.2 Å². The average molecular weight is 312 g/mol. The van der Waals surface area contributed by atoms with E-state index < -0.39 is 33.9 Å². The highest BCUT2D eigenvalue weighted by Gasteiger charge is 2.35. The van der Waals surface area contributed by atoms with Crippen molar-refractivity contribution in [2.75, 3.05) is 13.7 Å². The minimum atomic E-state index is -1.04. The lowest BCUT2D eigenvalue weighted by atomic mass is 9.96. The van der Waals surface area contributed by atoms with E-state index in [4.69, 9.17) is 10.5 Å². The van der Waals surface area contributed by atoms with Crippen LogP contribution in [0.4, 0.5) is 5.69 Å².